The van der Waals surface area contributed by atoms with E-state index >= 15 is 0 Å². The number of hydrogen-bond acceptors (Lipinski definition) is 4. The largest absolute Gasteiger partial charge is 0.355 e. The first kappa shape index (κ1) is 14.1. The zero-order chi connectivity index (χ0) is 14.3. The second kappa shape index (κ2) is 5.49. The van der Waals surface area contributed by atoms with Crippen LogP contribution in [0.3, 0.4) is 0 Å². The van der Waals surface area contributed by atoms with E-state index in [1.165, 1.54) is 25.7 Å². The van der Waals surface area contributed by atoms with E-state index in [0.717, 1.165) is 30.3 Å². The number of anilines is 1. The molecular weight excluding hydrogens is 272 g/mol. The van der Waals surface area contributed by atoms with Crippen molar-refractivity contribution in [2.24, 2.45) is 0 Å². The quantitative estimate of drug-likeness (QED) is 0.803. The first-order valence-corrected chi connectivity index (χ1v) is 7.89. The summed E-state index contributed by atoms with van der Waals surface area (Å²) in [6.45, 7) is 4.14. The Kier molecular flexibility index (Phi) is 3.87. The number of piperidine rings is 1. The van der Waals surface area contributed by atoms with Crippen molar-refractivity contribution in [3.8, 4) is 0 Å². The summed E-state index contributed by atoms with van der Waals surface area (Å²) in [6.07, 6.45) is 4.89. The molecule has 1 saturated heterocycles. The summed E-state index contributed by atoms with van der Waals surface area (Å²) in [5.74, 6) is 2.54. The topological polar surface area (TPSA) is 32.3 Å². The van der Waals surface area contributed by atoms with Gasteiger partial charge in [0.2, 0.25) is 0 Å². The van der Waals surface area contributed by atoms with E-state index in [1.807, 2.05) is 6.92 Å². The van der Waals surface area contributed by atoms with Crippen LogP contribution in [0.2, 0.25) is 5.15 Å². The smallest absolute Gasteiger partial charge is 0.137 e. The second-order valence-corrected chi connectivity index (χ2v) is 6.66. The standard InChI is InChI=1S/C15H23ClN4/c1-10-13(16)17-14(11-6-7-11)18-15(10)20-8-4-5-12(9-20)19(2)3/h11-12H,4-9H2,1-3H3. The van der Waals surface area contributed by atoms with Crippen molar-refractivity contribution in [2.45, 2.75) is 44.6 Å². The van der Waals surface area contributed by atoms with Crippen molar-refractivity contribution in [1.29, 1.82) is 0 Å². The van der Waals surface area contributed by atoms with E-state index in [4.69, 9.17) is 16.6 Å². The van der Waals surface area contributed by atoms with E-state index in [2.05, 4.69) is 28.9 Å². The number of hydrogen-bond donors (Lipinski definition) is 0. The third-order valence-electron chi connectivity index (χ3n) is 4.45. The minimum atomic E-state index is 0.543. The van der Waals surface area contributed by atoms with Gasteiger partial charge >= 0.3 is 0 Å². The van der Waals surface area contributed by atoms with Crippen molar-refractivity contribution in [2.75, 3.05) is 32.1 Å². The van der Waals surface area contributed by atoms with Crippen LogP contribution in [0, 0.1) is 6.92 Å². The Morgan fingerprint density at radius 3 is 2.60 bits per heavy atom. The molecule has 1 aromatic rings. The van der Waals surface area contributed by atoms with Crippen LogP contribution in [-0.2, 0) is 0 Å². The van der Waals surface area contributed by atoms with E-state index in [1.54, 1.807) is 0 Å². The van der Waals surface area contributed by atoms with Crippen LogP contribution in [0.4, 0.5) is 5.82 Å². The van der Waals surface area contributed by atoms with Gasteiger partial charge < -0.3 is 9.80 Å². The maximum absolute atomic E-state index is 6.32. The minimum absolute atomic E-state index is 0.543. The molecule has 0 amide bonds. The lowest BCUT2D eigenvalue weighted by Gasteiger charge is -2.37. The molecule has 0 spiro atoms. The van der Waals surface area contributed by atoms with E-state index < -0.39 is 0 Å². The first-order chi connectivity index (χ1) is 9.56. The highest BCUT2D eigenvalue weighted by molar-refractivity contribution is 6.30. The molecule has 5 heteroatoms. The fraction of sp³-hybridized carbons (Fsp3) is 0.733. The Labute approximate surface area is 126 Å². The molecule has 2 aliphatic rings. The Hall–Kier alpha value is -0.870. The van der Waals surface area contributed by atoms with Crippen molar-refractivity contribution in [1.82, 2.24) is 14.9 Å². The summed E-state index contributed by atoms with van der Waals surface area (Å²) in [5.41, 5.74) is 1.02. The summed E-state index contributed by atoms with van der Waals surface area (Å²) in [5, 5.41) is 0.629. The molecule has 110 valence electrons. The number of nitrogens with zero attached hydrogens (tertiary/aromatic N) is 4. The van der Waals surface area contributed by atoms with Crippen LogP contribution in [0.25, 0.3) is 0 Å². The van der Waals surface area contributed by atoms with Crippen LogP contribution in [0.5, 0.6) is 0 Å². The molecule has 1 aromatic heterocycles. The molecule has 3 rings (SSSR count). The van der Waals surface area contributed by atoms with Crippen molar-refractivity contribution in [3.05, 3.63) is 16.5 Å². The summed E-state index contributed by atoms with van der Waals surface area (Å²) < 4.78 is 0. The average Bonchev–Trinajstić information content (AvgIpc) is 3.26. The Balaban J connectivity index is 1.88. The summed E-state index contributed by atoms with van der Waals surface area (Å²) in [4.78, 5) is 14.0. The zero-order valence-electron chi connectivity index (χ0n) is 12.6. The van der Waals surface area contributed by atoms with Gasteiger partial charge in [0.15, 0.2) is 0 Å². The number of aromatic nitrogens is 2. The fourth-order valence-corrected chi connectivity index (χ4v) is 3.07. The van der Waals surface area contributed by atoms with E-state index in [-0.39, 0.29) is 0 Å². The van der Waals surface area contributed by atoms with Gasteiger partial charge in [0.1, 0.15) is 16.8 Å². The molecular formula is C15H23ClN4. The summed E-state index contributed by atoms with van der Waals surface area (Å²) in [7, 11) is 4.31. The van der Waals surface area contributed by atoms with Crippen molar-refractivity contribution < 1.29 is 0 Å². The highest BCUT2D eigenvalue weighted by Gasteiger charge is 2.30. The summed E-state index contributed by atoms with van der Waals surface area (Å²) in [6, 6.07) is 0.598. The fourth-order valence-electron chi connectivity index (χ4n) is 2.89. The maximum atomic E-state index is 6.32. The summed E-state index contributed by atoms with van der Waals surface area (Å²) >= 11 is 6.32. The van der Waals surface area contributed by atoms with E-state index in [9.17, 15) is 0 Å². The number of halogens is 1. The van der Waals surface area contributed by atoms with Gasteiger partial charge in [-0.3, -0.25) is 0 Å². The van der Waals surface area contributed by atoms with Crippen LogP contribution in [-0.4, -0.2) is 48.1 Å². The normalized spacial score (nSPS) is 23.4. The van der Waals surface area contributed by atoms with Gasteiger partial charge in [-0.2, -0.15) is 0 Å². The van der Waals surface area contributed by atoms with Crippen LogP contribution in [0.15, 0.2) is 0 Å². The average molecular weight is 295 g/mol. The molecule has 0 radical (unpaired) electrons. The predicted molar refractivity (Wildman–Crippen MR) is 82.7 cm³/mol. The van der Waals surface area contributed by atoms with Crippen LogP contribution < -0.4 is 4.90 Å². The lowest BCUT2D eigenvalue weighted by atomic mass is 10.0. The Bertz CT molecular complexity index is 499. The minimum Gasteiger partial charge on any atom is -0.355 e. The van der Waals surface area contributed by atoms with Gasteiger partial charge in [-0.25, -0.2) is 9.97 Å². The van der Waals surface area contributed by atoms with Crippen molar-refractivity contribution in [3.63, 3.8) is 0 Å². The van der Waals surface area contributed by atoms with Gasteiger partial charge in [-0.1, -0.05) is 11.6 Å². The molecule has 1 unspecified atom stereocenters. The highest BCUT2D eigenvalue weighted by atomic mass is 35.5. The number of likely N-dealkylation sites (N-methyl/N-ethyl adjacent to an activating group) is 1. The monoisotopic (exact) mass is 294 g/mol. The molecule has 20 heavy (non-hydrogen) atoms. The van der Waals surface area contributed by atoms with Gasteiger partial charge in [0.05, 0.1) is 0 Å². The molecule has 2 heterocycles. The van der Waals surface area contributed by atoms with Crippen molar-refractivity contribution >= 4 is 17.4 Å². The molecule has 4 nitrogen and oxygen atoms in total. The molecule has 1 aliphatic heterocycles. The molecule has 0 bridgehead atoms. The van der Waals surface area contributed by atoms with E-state index in [0.29, 0.717) is 17.1 Å². The number of rotatable bonds is 3. The van der Waals surface area contributed by atoms with Gasteiger partial charge in [0, 0.05) is 30.6 Å². The van der Waals surface area contributed by atoms with Gasteiger partial charge in [-0.15, -0.1) is 0 Å². The second-order valence-electron chi connectivity index (χ2n) is 6.30. The molecule has 1 atom stereocenters. The molecule has 0 aromatic carbocycles. The van der Waals surface area contributed by atoms with Crippen LogP contribution in [0.1, 0.15) is 43.0 Å². The Morgan fingerprint density at radius 2 is 1.95 bits per heavy atom. The highest BCUT2D eigenvalue weighted by Crippen LogP contribution is 2.40. The third kappa shape index (κ3) is 2.77. The lowest BCUT2D eigenvalue weighted by Crippen LogP contribution is -2.45. The molecule has 0 N–H and O–H groups in total. The Morgan fingerprint density at radius 1 is 1.20 bits per heavy atom. The third-order valence-corrected chi connectivity index (χ3v) is 4.81. The first-order valence-electron chi connectivity index (χ1n) is 7.51. The molecule has 2 fully saturated rings. The van der Waals surface area contributed by atoms with Gasteiger partial charge in [0.25, 0.3) is 0 Å². The lowest BCUT2D eigenvalue weighted by molar-refractivity contribution is 0.257. The molecule has 1 saturated carbocycles. The predicted octanol–water partition coefficient (Wildman–Crippen LogP) is 2.85. The van der Waals surface area contributed by atoms with Crippen LogP contribution >= 0.6 is 11.6 Å². The SMILES string of the molecule is Cc1c(Cl)nc(C2CC2)nc1N1CCCC(N(C)C)C1. The maximum Gasteiger partial charge on any atom is 0.137 e. The zero-order valence-corrected chi connectivity index (χ0v) is 13.3. The molecule has 1 aliphatic carbocycles. The van der Waals surface area contributed by atoms with Gasteiger partial charge in [-0.05, 0) is 46.7 Å².